The van der Waals surface area contributed by atoms with Crippen LogP contribution in [0.2, 0.25) is 0 Å². The molecule has 19 heteroatoms. The van der Waals surface area contributed by atoms with Crippen molar-refractivity contribution in [3.05, 3.63) is 0 Å². The highest BCUT2D eigenvalue weighted by Crippen LogP contribution is 2.45. The Bertz CT molecular complexity index is 2030. The van der Waals surface area contributed by atoms with E-state index >= 15 is 0 Å². The lowest BCUT2D eigenvalue weighted by Crippen LogP contribution is -2.30. The number of ether oxygens (including phenoxy) is 4. The molecule has 17 nitrogen and oxygen atoms in total. The maximum atomic E-state index is 13.2. The van der Waals surface area contributed by atoms with Gasteiger partial charge >= 0.3 is 39.5 Å². The number of carbonyl (C=O) groups excluding carboxylic acids is 4. The average molecular weight is 1550 g/mol. The van der Waals surface area contributed by atoms with Crippen LogP contribution in [0.1, 0.15) is 465 Å². The third-order valence-electron chi connectivity index (χ3n) is 20.5. The van der Waals surface area contributed by atoms with Gasteiger partial charge in [-0.15, -0.1) is 0 Å². The van der Waals surface area contributed by atoms with Crippen molar-refractivity contribution in [2.24, 2.45) is 11.8 Å². The molecule has 0 aromatic rings. The smallest absolute Gasteiger partial charge is 0.462 e. The van der Waals surface area contributed by atoms with Crippen LogP contribution in [-0.2, 0) is 65.4 Å². The molecular formula is C87H170O17P2. The van der Waals surface area contributed by atoms with E-state index in [0.29, 0.717) is 25.7 Å². The van der Waals surface area contributed by atoms with Crippen LogP contribution >= 0.6 is 15.6 Å². The number of hydrogen-bond acceptors (Lipinski definition) is 15. The van der Waals surface area contributed by atoms with Gasteiger partial charge in [0.25, 0.3) is 0 Å². The molecule has 0 radical (unpaired) electrons. The Morgan fingerprint density at radius 1 is 0.255 bits per heavy atom. The summed E-state index contributed by atoms with van der Waals surface area (Å²) in [5.74, 6) is -0.589. The molecule has 0 aromatic carbocycles. The first-order chi connectivity index (χ1) is 51.4. The second-order valence-electron chi connectivity index (χ2n) is 32.2. The standard InChI is InChI=1S/C87H170O17P2/c1-7-9-11-13-15-17-19-21-23-25-27-28-29-31-33-37-41-45-53-59-65-71-86(91)103-82(75-97-84(89)69-63-57-51-44-40-36-32-30-26-24-22-20-18-16-14-12-10-8-2)77-101-105(93,94)99-73-81(88)74-100-106(95,96)102-78-83(76-98-85(90)70-64-58-52-48-47-50-56-62-68-80(5)6)104-87(92)72-66-60-54-46-42-38-34-35-39-43-49-55-61-67-79(3)4/h79-83,88H,7-78H2,1-6H3,(H,93,94)(H,95,96)/t81-,82-,83-/m1/s1. The fourth-order valence-electron chi connectivity index (χ4n) is 13.6. The topological polar surface area (TPSA) is 237 Å². The van der Waals surface area contributed by atoms with Crippen LogP contribution in [0, 0.1) is 11.8 Å². The van der Waals surface area contributed by atoms with Crippen molar-refractivity contribution in [2.45, 2.75) is 484 Å². The third-order valence-corrected chi connectivity index (χ3v) is 22.4. The Balaban J connectivity index is 5.24. The Morgan fingerprint density at radius 2 is 0.434 bits per heavy atom. The Kier molecular flexibility index (Phi) is 76.9. The zero-order chi connectivity index (χ0) is 77.8. The fourth-order valence-corrected chi connectivity index (χ4v) is 15.2. The molecule has 0 aliphatic carbocycles. The monoisotopic (exact) mass is 1550 g/mol. The highest BCUT2D eigenvalue weighted by molar-refractivity contribution is 7.47. The first-order valence-electron chi connectivity index (χ1n) is 45.0. The summed E-state index contributed by atoms with van der Waals surface area (Å²) in [6.07, 6.45) is 70.9. The Labute approximate surface area is 651 Å². The minimum atomic E-state index is -4.97. The number of aliphatic hydroxyl groups is 1. The Morgan fingerprint density at radius 3 is 0.642 bits per heavy atom. The van der Waals surface area contributed by atoms with Crippen molar-refractivity contribution in [3.8, 4) is 0 Å². The van der Waals surface area contributed by atoms with Crippen LogP contribution < -0.4 is 0 Å². The van der Waals surface area contributed by atoms with E-state index in [0.717, 1.165) is 102 Å². The molecule has 0 bridgehead atoms. The second kappa shape index (κ2) is 78.3. The summed E-state index contributed by atoms with van der Waals surface area (Å²) >= 11 is 0. The summed E-state index contributed by atoms with van der Waals surface area (Å²) < 4.78 is 68.9. The van der Waals surface area contributed by atoms with E-state index in [1.54, 1.807) is 0 Å². The van der Waals surface area contributed by atoms with Gasteiger partial charge in [0, 0.05) is 25.7 Å². The minimum Gasteiger partial charge on any atom is -0.462 e. The molecule has 0 aromatic heterocycles. The van der Waals surface area contributed by atoms with Crippen LogP contribution in [0.15, 0.2) is 0 Å². The highest BCUT2D eigenvalue weighted by Gasteiger charge is 2.30. The molecule has 5 atom stereocenters. The van der Waals surface area contributed by atoms with E-state index in [1.807, 2.05) is 0 Å². The molecule has 0 aliphatic rings. The van der Waals surface area contributed by atoms with Crippen LogP contribution in [-0.4, -0.2) is 96.7 Å². The molecule has 630 valence electrons. The Hall–Kier alpha value is -1.94. The predicted octanol–water partition coefficient (Wildman–Crippen LogP) is 26.6. The van der Waals surface area contributed by atoms with Gasteiger partial charge in [-0.05, 0) is 37.5 Å². The SMILES string of the molecule is CCCCCCCCCCCCCCCCCCCCCCCC(=O)O[C@H](COC(=O)CCCCCCCCCCCCCCCCCCCC)COP(=O)(O)OC[C@@H](O)COP(=O)(O)OC[C@@H](COC(=O)CCCCCCCCCCC(C)C)OC(=O)CCCCCCCCCCCCCCCC(C)C. The summed E-state index contributed by atoms with van der Waals surface area (Å²) in [5, 5.41) is 10.7. The molecule has 2 unspecified atom stereocenters. The van der Waals surface area contributed by atoms with Gasteiger partial charge in [0.15, 0.2) is 12.2 Å². The van der Waals surface area contributed by atoms with Gasteiger partial charge in [0.05, 0.1) is 26.4 Å². The van der Waals surface area contributed by atoms with Crippen LogP contribution in [0.5, 0.6) is 0 Å². The summed E-state index contributed by atoms with van der Waals surface area (Å²) in [6.45, 7) is 9.66. The van der Waals surface area contributed by atoms with Crippen molar-refractivity contribution < 1.29 is 80.2 Å². The normalized spacial score (nSPS) is 13.8. The number of aliphatic hydroxyl groups excluding tert-OH is 1. The van der Waals surface area contributed by atoms with Crippen LogP contribution in [0.4, 0.5) is 0 Å². The molecule has 0 fully saturated rings. The number of carbonyl (C=O) groups is 4. The number of esters is 4. The summed E-state index contributed by atoms with van der Waals surface area (Å²) in [6, 6.07) is 0. The van der Waals surface area contributed by atoms with E-state index < -0.39 is 97.5 Å². The summed E-state index contributed by atoms with van der Waals surface area (Å²) in [4.78, 5) is 73.3. The molecule has 106 heavy (non-hydrogen) atoms. The summed E-state index contributed by atoms with van der Waals surface area (Å²) in [7, 11) is -9.93. The van der Waals surface area contributed by atoms with Crippen LogP contribution in [0.25, 0.3) is 0 Å². The molecular weight excluding hydrogens is 1380 g/mol. The molecule has 0 spiro atoms. The van der Waals surface area contributed by atoms with E-state index in [9.17, 15) is 43.2 Å². The lowest BCUT2D eigenvalue weighted by molar-refractivity contribution is -0.161. The largest absolute Gasteiger partial charge is 0.472 e. The molecule has 0 rings (SSSR count). The zero-order valence-electron chi connectivity index (χ0n) is 69.7. The number of phosphoric ester groups is 2. The molecule has 3 N–H and O–H groups in total. The molecule has 0 saturated heterocycles. The van der Waals surface area contributed by atoms with Crippen molar-refractivity contribution in [3.63, 3.8) is 0 Å². The summed E-state index contributed by atoms with van der Waals surface area (Å²) in [5.41, 5.74) is 0. The van der Waals surface area contributed by atoms with Gasteiger partial charge in [-0.25, -0.2) is 9.13 Å². The maximum Gasteiger partial charge on any atom is 0.472 e. The number of unbranched alkanes of at least 4 members (excludes halogenated alkanes) is 56. The quantitative estimate of drug-likeness (QED) is 0.0222. The van der Waals surface area contributed by atoms with Gasteiger partial charge in [-0.1, -0.05) is 414 Å². The van der Waals surface area contributed by atoms with E-state index in [1.165, 1.54) is 283 Å². The molecule has 0 heterocycles. The zero-order valence-corrected chi connectivity index (χ0v) is 71.5. The predicted molar refractivity (Wildman–Crippen MR) is 437 cm³/mol. The van der Waals surface area contributed by atoms with Crippen molar-refractivity contribution in [1.82, 2.24) is 0 Å². The maximum absolute atomic E-state index is 13.2. The van der Waals surface area contributed by atoms with Gasteiger partial charge in [-0.2, -0.15) is 0 Å². The van der Waals surface area contributed by atoms with E-state index in [-0.39, 0.29) is 25.7 Å². The highest BCUT2D eigenvalue weighted by atomic mass is 31.2. The van der Waals surface area contributed by atoms with Gasteiger partial charge in [0.1, 0.15) is 19.3 Å². The lowest BCUT2D eigenvalue weighted by Gasteiger charge is -2.21. The van der Waals surface area contributed by atoms with E-state index in [4.69, 9.17) is 37.0 Å². The van der Waals surface area contributed by atoms with Crippen molar-refractivity contribution in [1.29, 1.82) is 0 Å². The first-order valence-corrected chi connectivity index (χ1v) is 48.0. The second-order valence-corrected chi connectivity index (χ2v) is 35.1. The van der Waals surface area contributed by atoms with Crippen molar-refractivity contribution >= 4 is 39.5 Å². The number of phosphoric acid groups is 2. The minimum absolute atomic E-state index is 0.107. The fraction of sp³-hybridized carbons (Fsp3) is 0.954. The van der Waals surface area contributed by atoms with Crippen LogP contribution in [0.3, 0.4) is 0 Å². The van der Waals surface area contributed by atoms with Gasteiger partial charge in [-0.3, -0.25) is 37.3 Å². The first kappa shape index (κ1) is 104. The van der Waals surface area contributed by atoms with Gasteiger partial charge in [0.2, 0.25) is 0 Å². The number of hydrogen-bond donors (Lipinski definition) is 3. The number of rotatable bonds is 86. The molecule has 0 amide bonds. The molecule has 0 aliphatic heterocycles. The third kappa shape index (κ3) is 80.1. The van der Waals surface area contributed by atoms with Gasteiger partial charge < -0.3 is 33.8 Å². The molecule has 0 saturated carbocycles. The lowest BCUT2D eigenvalue weighted by atomic mass is 10.0. The average Bonchev–Trinajstić information content (AvgIpc) is 0.905. The van der Waals surface area contributed by atoms with E-state index in [2.05, 4.69) is 41.5 Å². The van der Waals surface area contributed by atoms with Crippen molar-refractivity contribution in [2.75, 3.05) is 39.6 Å².